The monoisotopic (exact) mass is 362 g/mol. The number of pyridine rings is 1. The molecule has 2 N–H and O–H groups in total. The molecule has 23 heavy (non-hydrogen) atoms. The van der Waals surface area contributed by atoms with E-state index in [0.717, 1.165) is 12.1 Å². The average Bonchev–Trinajstić information content (AvgIpc) is 2.47. The maximum atomic E-state index is 13.4. The summed E-state index contributed by atoms with van der Waals surface area (Å²) in [7, 11) is -7.61. The lowest BCUT2D eigenvalue weighted by molar-refractivity contribution is 0.479. The van der Waals surface area contributed by atoms with E-state index in [4.69, 9.17) is 9.66 Å². The van der Waals surface area contributed by atoms with E-state index in [1.165, 1.54) is 12.1 Å². The van der Waals surface area contributed by atoms with Gasteiger partial charge in [0.05, 0.1) is 5.52 Å². The van der Waals surface area contributed by atoms with Crippen molar-refractivity contribution < 1.29 is 21.9 Å². The molecule has 1 aromatic heterocycles. The van der Waals surface area contributed by atoms with Crippen molar-refractivity contribution in [3.05, 3.63) is 40.4 Å². The number of hydrogen-bond donors (Lipinski definition) is 1. The van der Waals surface area contributed by atoms with Gasteiger partial charge in [-0.3, -0.25) is 9.36 Å². The van der Waals surface area contributed by atoms with Gasteiger partial charge in [0.1, 0.15) is 5.82 Å². The molecule has 126 valence electrons. The lowest BCUT2D eigenvalue weighted by Crippen LogP contribution is -2.33. The van der Waals surface area contributed by atoms with Gasteiger partial charge in [0.25, 0.3) is 0 Å². The third-order valence-corrected chi connectivity index (χ3v) is 6.70. The Morgan fingerprint density at radius 2 is 1.87 bits per heavy atom. The van der Waals surface area contributed by atoms with Gasteiger partial charge >= 0.3 is 15.8 Å². The van der Waals surface area contributed by atoms with E-state index >= 15 is 0 Å². The minimum Gasteiger partial charge on any atom is -0.437 e. The van der Waals surface area contributed by atoms with Crippen molar-refractivity contribution in [2.45, 2.75) is 13.8 Å². The maximum Gasteiger partial charge on any atom is 0.308 e. The maximum absolute atomic E-state index is 13.4. The molecule has 2 rings (SSSR count). The van der Waals surface area contributed by atoms with E-state index in [9.17, 15) is 22.2 Å². The number of fused-ring (bicyclic) bond motifs is 1. The largest absolute Gasteiger partial charge is 0.437 e. The summed E-state index contributed by atoms with van der Waals surface area (Å²) in [5, 5.41) is 5.28. The third kappa shape index (κ3) is 3.46. The average molecular weight is 362 g/mol. The van der Waals surface area contributed by atoms with Crippen LogP contribution in [0.4, 0.5) is 4.39 Å². The number of aromatic nitrogens is 1. The molecule has 0 bridgehead atoms. The van der Waals surface area contributed by atoms with Gasteiger partial charge in [-0.2, -0.15) is 12.4 Å². The van der Waals surface area contributed by atoms with Crippen molar-refractivity contribution in [3.63, 3.8) is 0 Å². The quantitative estimate of drug-likeness (QED) is 0.817. The number of nitrogens with zero attached hydrogens (tertiary/aromatic N) is 1. The van der Waals surface area contributed by atoms with Gasteiger partial charge in [-0.25, -0.2) is 9.53 Å². The summed E-state index contributed by atoms with van der Waals surface area (Å²) < 4.78 is 54.8. The molecule has 0 fully saturated rings. The third-order valence-electron chi connectivity index (χ3n) is 3.38. The Balaban J connectivity index is 2.85. The molecule has 10 heteroatoms. The fraction of sp³-hybridized carbons (Fsp3) is 0.308. The number of hydrogen-bond acceptors (Lipinski definition) is 5. The van der Waals surface area contributed by atoms with E-state index in [0.29, 0.717) is 0 Å². The van der Waals surface area contributed by atoms with Gasteiger partial charge in [-0.05, 0) is 24.3 Å². The van der Waals surface area contributed by atoms with E-state index in [1.54, 1.807) is 13.8 Å². The molecule has 0 unspecified atom stereocenters. The molecule has 1 aromatic carbocycles. The van der Waals surface area contributed by atoms with Crippen LogP contribution < -0.4 is 15.2 Å². The van der Waals surface area contributed by atoms with Crippen LogP contribution in [0.15, 0.2) is 29.1 Å². The lowest BCUT2D eigenvalue weighted by Gasteiger charge is -2.17. The predicted molar refractivity (Wildman–Crippen MR) is 86.0 cm³/mol. The van der Waals surface area contributed by atoms with Crippen LogP contribution in [-0.4, -0.2) is 24.7 Å². The van der Waals surface area contributed by atoms with E-state index in [2.05, 4.69) is 0 Å². The van der Waals surface area contributed by atoms with Gasteiger partial charge < -0.3 is 4.52 Å². The summed E-state index contributed by atoms with van der Waals surface area (Å²) in [4.78, 5) is 12.4. The second-order valence-corrected chi connectivity index (χ2v) is 9.34. The van der Waals surface area contributed by atoms with E-state index < -0.39 is 34.7 Å². The minimum absolute atomic E-state index is 0.180. The standard InChI is InChI=1S/C13H16FN2O5PS/c1-3-22(18,4-2)21-12-7-9-5-6-10(14)8-11(9)16(13(12)17)23(15,19)20/h5-8H,3-4H2,1-2H3,(H2,15,19,20). The van der Waals surface area contributed by atoms with Crippen LogP contribution in [0.3, 0.4) is 0 Å². The van der Waals surface area contributed by atoms with Crippen LogP contribution in [-0.2, 0) is 14.8 Å². The second kappa shape index (κ2) is 6.07. The van der Waals surface area contributed by atoms with Crippen molar-refractivity contribution >= 4 is 28.5 Å². The van der Waals surface area contributed by atoms with Crippen molar-refractivity contribution in [1.82, 2.24) is 3.97 Å². The van der Waals surface area contributed by atoms with E-state index in [-0.39, 0.29) is 27.2 Å². The van der Waals surface area contributed by atoms with Gasteiger partial charge in [-0.15, -0.1) is 0 Å². The second-order valence-electron chi connectivity index (χ2n) is 4.86. The fourth-order valence-electron chi connectivity index (χ4n) is 2.08. The molecule has 0 aliphatic rings. The molecule has 0 aliphatic heterocycles. The Hall–Kier alpha value is -1.70. The molecule has 0 saturated heterocycles. The van der Waals surface area contributed by atoms with Crippen LogP contribution in [0.25, 0.3) is 10.9 Å². The number of nitrogens with two attached hydrogens (primary N) is 1. The van der Waals surface area contributed by atoms with Crippen LogP contribution in [0.2, 0.25) is 0 Å². The summed E-state index contributed by atoms with van der Waals surface area (Å²) in [5.41, 5.74) is -1.32. The molecule has 0 atom stereocenters. The zero-order chi connectivity index (χ0) is 17.4. The molecule has 0 spiro atoms. The van der Waals surface area contributed by atoms with Gasteiger partial charge in [0, 0.05) is 17.7 Å². The SMILES string of the molecule is CCP(=O)(CC)Oc1cc2ccc(F)cc2n(S(N)(=O)=O)c1=O. The molecular formula is C13H16FN2O5PS. The van der Waals surface area contributed by atoms with Gasteiger partial charge in [0.2, 0.25) is 7.37 Å². The number of rotatable bonds is 5. The molecule has 1 heterocycles. The topological polar surface area (TPSA) is 108 Å². The normalized spacial score (nSPS) is 12.5. The first kappa shape index (κ1) is 17.7. The first-order chi connectivity index (χ1) is 10.6. The zero-order valence-corrected chi connectivity index (χ0v) is 14.2. The predicted octanol–water partition coefficient (Wildman–Crippen LogP) is 1.89. The van der Waals surface area contributed by atoms with Crippen molar-refractivity contribution in [3.8, 4) is 5.75 Å². The Labute approximate surface area is 132 Å². The molecular weight excluding hydrogens is 346 g/mol. The molecule has 0 radical (unpaired) electrons. The first-order valence-corrected chi connectivity index (χ1v) is 10.3. The fourth-order valence-corrected chi connectivity index (χ4v) is 4.03. The van der Waals surface area contributed by atoms with Crippen LogP contribution in [0.1, 0.15) is 13.8 Å². The van der Waals surface area contributed by atoms with Crippen LogP contribution in [0, 0.1) is 5.82 Å². The summed E-state index contributed by atoms with van der Waals surface area (Å²) in [6, 6.07) is 4.49. The van der Waals surface area contributed by atoms with Crippen molar-refractivity contribution in [2.24, 2.45) is 5.14 Å². The smallest absolute Gasteiger partial charge is 0.308 e. The Kier molecular flexibility index (Phi) is 4.66. The molecule has 7 nitrogen and oxygen atoms in total. The first-order valence-electron chi connectivity index (χ1n) is 6.77. The highest BCUT2D eigenvalue weighted by Crippen LogP contribution is 2.45. The van der Waals surface area contributed by atoms with Crippen LogP contribution >= 0.6 is 7.37 Å². The van der Waals surface area contributed by atoms with Gasteiger partial charge in [0.15, 0.2) is 5.75 Å². The zero-order valence-electron chi connectivity index (χ0n) is 12.5. The molecule has 0 aliphatic carbocycles. The highest BCUT2D eigenvalue weighted by Gasteiger charge is 2.24. The highest BCUT2D eigenvalue weighted by molar-refractivity contribution is 7.87. The van der Waals surface area contributed by atoms with Gasteiger partial charge in [-0.1, -0.05) is 13.8 Å². The number of halogens is 1. The molecule has 2 aromatic rings. The van der Waals surface area contributed by atoms with E-state index in [1.807, 2.05) is 0 Å². The summed E-state index contributed by atoms with van der Waals surface area (Å²) in [6.07, 6.45) is 0.361. The molecule has 0 amide bonds. The highest BCUT2D eigenvalue weighted by atomic mass is 32.2. The Bertz CT molecular complexity index is 962. The van der Waals surface area contributed by atoms with Crippen LogP contribution in [0.5, 0.6) is 5.75 Å². The van der Waals surface area contributed by atoms with Crippen molar-refractivity contribution in [2.75, 3.05) is 12.3 Å². The Morgan fingerprint density at radius 1 is 1.26 bits per heavy atom. The summed E-state index contributed by atoms with van der Waals surface area (Å²) >= 11 is 0. The van der Waals surface area contributed by atoms with Crippen molar-refractivity contribution in [1.29, 1.82) is 0 Å². The minimum atomic E-state index is -4.50. The molecule has 0 saturated carbocycles. The lowest BCUT2D eigenvalue weighted by atomic mass is 10.2. The number of benzene rings is 1. The summed E-state index contributed by atoms with van der Waals surface area (Å²) in [5.74, 6) is -1.12. The Morgan fingerprint density at radius 3 is 2.39 bits per heavy atom. The summed E-state index contributed by atoms with van der Waals surface area (Å²) in [6.45, 7) is 3.28.